The molecule has 0 spiro atoms. The Morgan fingerprint density at radius 1 is 1.42 bits per heavy atom. The monoisotopic (exact) mass is 332 g/mol. The lowest BCUT2D eigenvalue weighted by Gasteiger charge is -2.41. The van der Waals surface area contributed by atoms with Crippen LogP contribution in [0.25, 0.3) is 0 Å². The van der Waals surface area contributed by atoms with E-state index in [0.717, 1.165) is 5.69 Å². The van der Waals surface area contributed by atoms with Crippen LogP contribution in [0.2, 0.25) is 0 Å². The van der Waals surface area contributed by atoms with Crippen LogP contribution in [0.4, 0.5) is 0 Å². The van der Waals surface area contributed by atoms with Gasteiger partial charge in [0.2, 0.25) is 0 Å². The Bertz CT molecular complexity index is 826. The molecule has 9 nitrogen and oxygen atoms in total. The van der Waals surface area contributed by atoms with Crippen molar-refractivity contribution < 1.29 is 9.59 Å². The minimum Gasteiger partial charge on any atom is -0.348 e. The molecule has 2 amide bonds. The van der Waals surface area contributed by atoms with E-state index in [1.54, 1.807) is 25.9 Å². The highest BCUT2D eigenvalue weighted by atomic mass is 16.2. The van der Waals surface area contributed by atoms with E-state index in [-0.39, 0.29) is 35.3 Å². The van der Waals surface area contributed by atoms with E-state index in [2.05, 4.69) is 20.5 Å². The zero-order valence-corrected chi connectivity index (χ0v) is 13.8. The molecule has 0 bridgehead atoms. The van der Waals surface area contributed by atoms with Crippen LogP contribution in [0.15, 0.2) is 17.2 Å². The Hall–Kier alpha value is -2.84. The second-order valence-corrected chi connectivity index (χ2v) is 6.20. The van der Waals surface area contributed by atoms with Gasteiger partial charge in [-0.1, -0.05) is 0 Å². The van der Waals surface area contributed by atoms with Gasteiger partial charge in [-0.05, 0) is 19.8 Å². The molecule has 0 aliphatic heterocycles. The molecule has 2 aromatic rings. The summed E-state index contributed by atoms with van der Waals surface area (Å²) in [6.45, 7) is 1.80. The Kier molecular flexibility index (Phi) is 4.00. The number of hydrogen-bond donors (Lipinski definition) is 3. The van der Waals surface area contributed by atoms with Gasteiger partial charge >= 0.3 is 5.69 Å². The molecule has 9 heteroatoms. The topological polar surface area (TPSA) is 116 Å². The van der Waals surface area contributed by atoms with E-state index in [1.807, 2.05) is 0 Å². The summed E-state index contributed by atoms with van der Waals surface area (Å²) in [5.74, 6) is -0.390. The average molecular weight is 332 g/mol. The maximum Gasteiger partial charge on any atom is 0.325 e. The Balaban J connectivity index is 1.53. The van der Waals surface area contributed by atoms with Gasteiger partial charge in [-0.15, -0.1) is 0 Å². The Morgan fingerprint density at radius 2 is 2.12 bits per heavy atom. The van der Waals surface area contributed by atoms with Crippen LogP contribution in [0.5, 0.6) is 0 Å². The molecule has 0 unspecified atom stereocenters. The van der Waals surface area contributed by atoms with Gasteiger partial charge in [0, 0.05) is 38.1 Å². The predicted molar refractivity (Wildman–Crippen MR) is 85.7 cm³/mol. The van der Waals surface area contributed by atoms with Gasteiger partial charge in [-0.25, -0.2) is 4.79 Å². The predicted octanol–water partition coefficient (Wildman–Crippen LogP) is -0.222. The van der Waals surface area contributed by atoms with Crippen molar-refractivity contribution in [3.05, 3.63) is 39.8 Å². The van der Waals surface area contributed by atoms with Crippen molar-refractivity contribution in [2.24, 2.45) is 7.05 Å². The van der Waals surface area contributed by atoms with E-state index in [0.29, 0.717) is 18.4 Å². The summed E-state index contributed by atoms with van der Waals surface area (Å²) in [6, 6.07) is 0.0684. The van der Waals surface area contributed by atoms with Crippen LogP contribution < -0.4 is 11.0 Å². The van der Waals surface area contributed by atoms with Crippen molar-refractivity contribution in [2.45, 2.75) is 31.8 Å². The molecule has 3 N–H and O–H groups in total. The van der Waals surface area contributed by atoms with Crippen molar-refractivity contribution in [1.82, 2.24) is 30.0 Å². The van der Waals surface area contributed by atoms with E-state index in [9.17, 15) is 14.4 Å². The summed E-state index contributed by atoms with van der Waals surface area (Å²) in [4.78, 5) is 40.0. The molecule has 0 radical (unpaired) electrons. The van der Waals surface area contributed by atoms with Crippen molar-refractivity contribution in [1.29, 1.82) is 0 Å². The van der Waals surface area contributed by atoms with Crippen molar-refractivity contribution in [2.75, 3.05) is 7.05 Å². The normalized spacial score (nSPS) is 19.6. The first kappa shape index (κ1) is 16.0. The van der Waals surface area contributed by atoms with Gasteiger partial charge in [0.05, 0.1) is 11.8 Å². The van der Waals surface area contributed by atoms with E-state index in [4.69, 9.17) is 0 Å². The summed E-state index contributed by atoms with van der Waals surface area (Å²) in [7, 11) is 3.33. The molecule has 1 aliphatic rings. The smallest absolute Gasteiger partial charge is 0.325 e. The number of hydrogen-bond acceptors (Lipinski definition) is 4. The molecule has 2 aromatic heterocycles. The van der Waals surface area contributed by atoms with Crippen LogP contribution in [0, 0.1) is 6.92 Å². The van der Waals surface area contributed by atoms with Gasteiger partial charge in [-0.3, -0.25) is 14.7 Å². The van der Waals surface area contributed by atoms with E-state index >= 15 is 0 Å². The van der Waals surface area contributed by atoms with Crippen LogP contribution in [-0.2, 0) is 7.05 Å². The number of aromatic nitrogens is 4. The third-order valence-corrected chi connectivity index (χ3v) is 4.51. The summed E-state index contributed by atoms with van der Waals surface area (Å²) in [6.07, 6.45) is 4.35. The van der Waals surface area contributed by atoms with Crippen molar-refractivity contribution >= 4 is 11.8 Å². The van der Waals surface area contributed by atoms with Gasteiger partial charge in [0.1, 0.15) is 5.69 Å². The van der Waals surface area contributed by atoms with Crippen LogP contribution >= 0.6 is 0 Å². The van der Waals surface area contributed by atoms with E-state index in [1.165, 1.54) is 17.0 Å². The molecule has 3 rings (SSSR count). The summed E-state index contributed by atoms with van der Waals surface area (Å²) < 4.78 is 1.32. The summed E-state index contributed by atoms with van der Waals surface area (Å²) >= 11 is 0. The molecule has 2 heterocycles. The molecule has 1 aliphatic carbocycles. The Labute approximate surface area is 138 Å². The minimum absolute atomic E-state index is 0.00750. The largest absolute Gasteiger partial charge is 0.348 e. The highest BCUT2D eigenvalue weighted by Crippen LogP contribution is 2.26. The number of H-pyrrole nitrogens is 2. The number of amides is 2. The highest BCUT2D eigenvalue weighted by molar-refractivity contribution is 5.95. The number of rotatable bonds is 4. The first-order valence-corrected chi connectivity index (χ1v) is 7.70. The third kappa shape index (κ3) is 2.84. The number of aromatic amines is 2. The molecule has 1 fully saturated rings. The SMILES string of the molecule is Cc1[nH]ncc1C(=O)N(C)C1CC(NC(=O)c2cn(C)c(=O)[nH]2)C1. The van der Waals surface area contributed by atoms with Crippen molar-refractivity contribution in [3.8, 4) is 0 Å². The van der Waals surface area contributed by atoms with Crippen LogP contribution in [0.1, 0.15) is 39.4 Å². The van der Waals surface area contributed by atoms with Crippen LogP contribution in [0.3, 0.4) is 0 Å². The quantitative estimate of drug-likeness (QED) is 0.717. The lowest BCUT2D eigenvalue weighted by molar-refractivity contribution is 0.0583. The van der Waals surface area contributed by atoms with Gasteiger partial charge in [0.25, 0.3) is 11.8 Å². The fourth-order valence-electron chi connectivity index (χ4n) is 2.81. The molecule has 0 saturated heterocycles. The minimum atomic E-state index is -0.326. The highest BCUT2D eigenvalue weighted by Gasteiger charge is 2.36. The molecule has 1 saturated carbocycles. The van der Waals surface area contributed by atoms with Gasteiger partial charge < -0.3 is 19.8 Å². The van der Waals surface area contributed by atoms with Gasteiger partial charge in [-0.2, -0.15) is 5.10 Å². The summed E-state index contributed by atoms with van der Waals surface area (Å²) in [5.41, 5.74) is 1.22. The van der Waals surface area contributed by atoms with Crippen LogP contribution in [-0.4, -0.2) is 55.6 Å². The average Bonchev–Trinajstić information content (AvgIpc) is 3.07. The lowest BCUT2D eigenvalue weighted by Crippen LogP contribution is -2.54. The number of imidazole rings is 1. The van der Waals surface area contributed by atoms with E-state index < -0.39 is 0 Å². The molecular weight excluding hydrogens is 312 g/mol. The maximum atomic E-state index is 12.4. The third-order valence-electron chi connectivity index (χ3n) is 4.51. The first-order valence-electron chi connectivity index (χ1n) is 7.70. The summed E-state index contributed by atoms with van der Waals surface area (Å²) in [5, 5.41) is 9.48. The number of carbonyl (C=O) groups is 2. The number of nitrogens with zero attached hydrogens (tertiary/aromatic N) is 3. The molecule has 0 atom stereocenters. The molecule has 0 aromatic carbocycles. The van der Waals surface area contributed by atoms with Crippen molar-refractivity contribution in [3.63, 3.8) is 0 Å². The number of carbonyl (C=O) groups excluding carboxylic acids is 2. The molecular formula is C15H20N6O3. The fraction of sp³-hybridized carbons (Fsp3) is 0.467. The number of nitrogens with one attached hydrogen (secondary N) is 3. The second kappa shape index (κ2) is 5.99. The lowest BCUT2D eigenvalue weighted by atomic mass is 9.85. The molecule has 128 valence electrons. The molecule has 24 heavy (non-hydrogen) atoms. The Morgan fingerprint density at radius 3 is 2.67 bits per heavy atom. The maximum absolute atomic E-state index is 12.4. The zero-order chi connectivity index (χ0) is 17.4. The fourth-order valence-corrected chi connectivity index (χ4v) is 2.81. The zero-order valence-electron chi connectivity index (χ0n) is 13.8. The number of aryl methyl sites for hydroxylation is 2. The van der Waals surface area contributed by atoms with Gasteiger partial charge in [0.15, 0.2) is 0 Å². The second-order valence-electron chi connectivity index (χ2n) is 6.20. The first-order chi connectivity index (χ1) is 11.4. The standard InChI is InChI=1S/C15H20N6O3/c1-8-11(6-16-19-8)14(23)21(3)10-4-9(5-10)17-13(22)12-7-20(2)15(24)18-12/h6-7,9-10H,4-5H2,1-3H3,(H,16,19)(H,17,22)(H,18,24).